The number of aromatic nitrogens is 4. The molecule has 1 unspecified atom stereocenters. The lowest BCUT2D eigenvalue weighted by Gasteiger charge is -2.13. The Labute approximate surface area is 189 Å². The highest BCUT2D eigenvalue weighted by molar-refractivity contribution is 5.79. The Balaban J connectivity index is 1.27. The molecule has 0 fully saturated rings. The van der Waals surface area contributed by atoms with E-state index in [1.54, 1.807) is 12.1 Å². The summed E-state index contributed by atoms with van der Waals surface area (Å²) in [6.07, 6.45) is 2.22. The number of rotatable bonds is 4. The average Bonchev–Trinajstić information content (AvgIpc) is 3.07. The Morgan fingerprint density at radius 1 is 1.09 bits per heavy atom. The van der Waals surface area contributed by atoms with Crippen LogP contribution in [0.5, 0.6) is 0 Å². The molecule has 2 aromatic carbocycles. The number of benzene rings is 2. The highest BCUT2D eigenvalue weighted by Crippen LogP contribution is 2.24. The topological polar surface area (TPSA) is 104 Å². The molecule has 0 saturated carbocycles. The van der Waals surface area contributed by atoms with Gasteiger partial charge in [-0.15, -0.1) is 0 Å². The number of aryl methyl sites for hydroxylation is 2. The number of hydrogen-bond donors (Lipinski definition) is 3. The smallest absolute Gasteiger partial charge is 0.254 e. The third-order valence-corrected chi connectivity index (χ3v) is 6.18. The van der Waals surface area contributed by atoms with Gasteiger partial charge >= 0.3 is 0 Å². The van der Waals surface area contributed by atoms with Crippen molar-refractivity contribution in [3.63, 3.8) is 0 Å². The van der Waals surface area contributed by atoms with E-state index in [1.165, 1.54) is 12.1 Å². The van der Waals surface area contributed by atoms with E-state index in [-0.39, 0.29) is 23.2 Å². The van der Waals surface area contributed by atoms with Crippen molar-refractivity contribution in [1.29, 1.82) is 0 Å². The number of nitrogens with one attached hydrogen (secondary N) is 3. The molecule has 1 aliphatic carbocycles. The number of hydrogen-bond acceptors (Lipinski definition) is 4. The fourth-order valence-corrected chi connectivity index (χ4v) is 4.36. The molecule has 0 aliphatic heterocycles. The second kappa shape index (κ2) is 8.61. The largest absolute Gasteiger partial charge is 0.349 e. The third kappa shape index (κ3) is 4.41. The summed E-state index contributed by atoms with van der Waals surface area (Å²) in [5.41, 5.74) is 4.76. The average molecular weight is 445 g/mol. The molecular formula is C25H24FN5O2. The number of carbonyl (C=O) groups is 1. The lowest BCUT2D eigenvalue weighted by Crippen LogP contribution is -2.31. The van der Waals surface area contributed by atoms with Crippen LogP contribution in [-0.2, 0) is 24.2 Å². The molecular weight excluding hydrogens is 421 g/mol. The number of H-pyrrole nitrogens is 2. The predicted octanol–water partition coefficient (Wildman–Crippen LogP) is 3.57. The maximum atomic E-state index is 13.2. The molecule has 5 rings (SSSR count). The molecule has 8 heteroatoms. The zero-order valence-electron chi connectivity index (χ0n) is 18.2. The van der Waals surface area contributed by atoms with Crippen molar-refractivity contribution in [2.24, 2.45) is 5.92 Å². The van der Waals surface area contributed by atoms with Crippen molar-refractivity contribution in [2.75, 3.05) is 0 Å². The monoisotopic (exact) mass is 445 g/mol. The van der Waals surface area contributed by atoms with Crippen molar-refractivity contribution in [1.82, 2.24) is 25.3 Å². The second-order valence-electron chi connectivity index (χ2n) is 8.54. The molecule has 3 N–H and O–H groups in total. The lowest BCUT2D eigenvalue weighted by atomic mass is 9.99. The summed E-state index contributed by atoms with van der Waals surface area (Å²) in [6.45, 7) is 2.35. The van der Waals surface area contributed by atoms with Gasteiger partial charge < -0.3 is 15.3 Å². The van der Waals surface area contributed by atoms with E-state index >= 15 is 0 Å². The molecule has 1 amide bonds. The van der Waals surface area contributed by atoms with Gasteiger partial charge in [0.2, 0.25) is 5.91 Å². The van der Waals surface area contributed by atoms with Gasteiger partial charge in [0.15, 0.2) is 0 Å². The molecule has 168 valence electrons. The molecule has 1 aliphatic rings. The van der Waals surface area contributed by atoms with E-state index in [4.69, 9.17) is 0 Å². The first-order valence-electron chi connectivity index (χ1n) is 11.1. The van der Waals surface area contributed by atoms with Crippen LogP contribution < -0.4 is 10.9 Å². The van der Waals surface area contributed by atoms with Crippen LogP contribution in [0.15, 0.2) is 47.3 Å². The summed E-state index contributed by atoms with van der Waals surface area (Å²) >= 11 is 0. The van der Waals surface area contributed by atoms with Gasteiger partial charge in [-0.3, -0.25) is 9.59 Å². The van der Waals surface area contributed by atoms with Gasteiger partial charge in [-0.05, 0) is 74.6 Å². The maximum Gasteiger partial charge on any atom is 0.254 e. The Kier molecular flexibility index (Phi) is 5.50. The van der Waals surface area contributed by atoms with E-state index in [1.807, 2.05) is 25.1 Å². The summed E-state index contributed by atoms with van der Waals surface area (Å²) in [4.78, 5) is 40.8. The molecule has 1 atom stereocenters. The quantitative estimate of drug-likeness (QED) is 0.418. The minimum atomic E-state index is -0.345. The SMILES string of the molecule is Cc1ccc2nc(CNC(=O)C3CCc4nc(-c5ccc(F)cc5)[nH]c(=O)c4CC3)[nH]c2c1. The number of halogens is 1. The third-order valence-electron chi connectivity index (χ3n) is 6.18. The van der Waals surface area contributed by atoms with Gasteiger partial charge in [-0.2, -0.15) is 0 Å². The number of imidazole rings is 1. The fraction of sp³-hybridized carbons (Fsp3) is 0.280. The van der Waals surface area contributed by atoms with E-state index < -0.39 is 0 Å². The number of fused-ring (bicyclic) bond motifs is 2. The Hall–Kier alpha value is -3.81. The summed E-state index contributed by atoms with van der Waals surface area (Å²) in [7, 11) is 0. The standard InChI is InChI=1S/C25H24FN5O2/c1-14-2-10-20-21(12-14)29-22(28-20)13-27-24(32)16-5-9-18-19(11-6-16)30-23(31-25(18)33)15-3-7-17(26)8-4-15/h2-4,7-8,10,12,16H,5-6,9,11,13H2,1H3,(H,27,32)(H,28,29)(H,30,31,33). The fourth-order valence-electron chi connectivity index (χ4n) is 4.36. The molecule has 2 heterocycles. The van der Waals surface area contributed by atoms with E-state index in [2.05, 4.69) is 25.3 Å². The van der Waals surface area contributed by atoms with E-state index in [0.717, 1.165) is 16.6 Å². The van der Waals surface area contributed by atoms with E-state index in [9.17, 15) is 14.0 Å². The molecule has 33 heavy (non-hydrogen) atoms. The van der Waals surface area contributed by atoms with Crippen LogP contribution in [0.25, 0.3) is 22.4 Å². The van der Waals surface area contributed by atoms with Crippen LogP contribution >= 0.6 is 0 Å². The van der Waals surface area contributed by atoms with Gasteiger partial charge in [0, 0.05) is 17.0 Å². The molecule has 0 radical (unpaired) electrons. The second-order valence-corrected chi connectivity index (χ2v) is 8.54. The zero-order valence-corrected chi connectivity index (χ0v) is 18.2. The molecule has 2 aromatic heterocycles. The zero-order chi connectivity index (χ0) is 22.9. The predicted molar refractivity (Wildman–Crippen MR) is 123 cm³/mol. The number of amides is 1. The van der Waals surface area contributed by atoms with Gasteiger partial charge in [0.1, 0.15) is 17.5 Å². The van der Waals surface area contributed by atoms with Crippen molar-refractivity contribution in [2.45, 2.75) is 39.2 Å². The van der Waals surface area contributed by atoms with Gasteiger partial charge in [-0.1, -0.05) is 6.07 Å². The van der Waals surface area contributed by atoms with E-state index in [0.29, 0.717) is 60.7 Å². The minimum absolute atomic E-state index is 0.0466. The van der Waals surface area contributed by atoms with Crippen LogP contribution in [0.4, 0.5) is 4.39 Å². The summed E-state index contributed by atoms with van der Waals surface area (Å²) < 4.78 is 13.2. The van der Waals surface area contributed by atoms with Gasteiger partial charge in [-0.25, -0.2) is 14.4 Å². The van der Waals surface area contributed by atoms with Crippen LogP contribution in [0.1, 0.15) is 35.5 Å². The van der Waals surface area contributed by atoms with Crippen molar-refractivity contribution in [3.8, 4) is 11.4 Å². The summed E-state index contributed by atoms with van der Waals surface area (Å²) in [5, 5.41) is 2.98. The highest BCUT2D eigenvalue weighted by atomic mass is 19.1. The summed E-state index contributed by atoms with van der Waals surface area (Å²) in [6, 6.07) is 11.8. The first kappa shape index (κ1) is 21.1. The molecule has 0 saturated heterocycles. The van der Waals surface area contributed by atoms with Crippen molar-refractivity contribution >= 4 is 16.9 Å². The highest BCUT2D eigenvalue weighted by Gasteiger charge is 2.25. The Morgan fingerprint density at radius 3 is 2.70 bits per heavy atom. The first-order chi connectivity index (χ1) is 16.0. The van der Waals surface area contributed by atoms with Crippen LogP contribution in [0, 0.1) is 18.7 Å². The van der Waals surface area contributed by atoms with Gasteiger partial charge in [0.25, 0.3) is 5.56 Å². The Bertz CT molecular complexity index is 1390. The number of nitrogens with zero attached hydrogens (tertiary/aromatic N) is 2. The van der Waals surface area contributed by atoms with Crippen molar-refractivity contribution < 1.29 is 9.18 Å². The van der Waals surface area contributed by atoms with Crippen LogP contribution in [0.3, 0.4) is 0 Å². The van der Waals surface area contributed by atoms with Gasteiger partial charge in [0.05, 0.1) is 23.3 Å². The minimum Gasteiger partial charge on any atom is -0.349 e. The molecule has 0 spiro atoms. The van der Waals surface area contributed by atoms with Crippen molar-refractivity contribution in [3.05, 3.63) is 81.3 Å². The number of carbonyl (C=O) groups excluding carboxylic acids is 1. The first-order valence-corrected chi connectivity index (χ1v) is 11.1. The lowest BCUT2D eigenvalue weighted by molar-refractivity contribution is -0.125. The normalized spacial score (nSPS) is 15.8. The molecule has 7 nitrogen and oxygen atoms in total. The van der Waals surface area contributed by atoms with Crippen LogP contribution in [-0.4, -0.2) is 25.8 Å². The maximum absolute atomic E-state index is 13.2. The van der Waals surface area contributed by atoms with Crippen LogP contribution in [0.2, 0.25) is 0 Å². The summed E-state index contributed by atoms with van der Waals surface area (Å²) in [5.74, 6) is 0.529. The number of aromatic amines is 2. The molecule has 0 bridgehead atoms. The molecule has 4 aromatic rings. The Morgan fingerprint density at radius 2 is 1.88 bits per heavy atom.